The highest BCUT2D eigenvalue weighted by Crippen LogP contribution is 2.30. The third kappa shape index (κ3) is 3.09. The zero-order chi connectivity index (χ0) is 19.8. The SMILES string of the molecule is Cn1cc(-c2cnc3[nH]cc(-c4cn(C(CO)c5ccccc5)nn4)c3c2)cn1. The van der Waals surface area contributed by atoms with Gasteiger partial charge in [-0.05, 0) is 11.6 Å². The summed E-state index contributed by atoms with van der Waals surface area (Å²) in [6.07, 6.45) is 9.34. The number of benzene rings is 1. The van der Waals surface area contributed by atoms with Crippen LogP contribution in [0.3, 0.4) is 0 Å². The lowest BCUT2D eigenvalue weighted by atomic mass is 10.1. The quantitative estimate of drug-likeness (QED) is 0.485. The molecule has 5 rings (SSSR count). The van der Waals surface area contributed by atoms with E-state index in [1.54, 1.807) is 9.36 Å². The Morgan fingerprint density at radius 1 is 1.10 bits per heavy atom. The van der Waals surface area contributed by atoms with Crippen LogP contribution in [0.15, 0.2) is 67.4 Å². The number of aromatic nitrogens is 7. The highest BCUT2D eigenvalue weighted by molar-refractivity contribution is 5.94. The minimum atomic E-state index is -0.285. The third-order valence-electron chi connectivity index (χ3n) is 5.03. The molecule has 0 saturated carbocycles. The van der Waals surface area contributed by atoms with E-state index in [-0.39, 0.29) is 12.6 Å². The van der Waals surface area contributed by atoms with Gasteiger partial charge < -0.3 is 10.1 Å². The van der Waals surface area contributed by atoms with E-state index < -0.39 is 0 Å². The Kier molecular flexibility index (Phi) is 4.18. The van der Waals surface area contributed by atoms with E-state index in [2.05, 4.69) is 31.4 Å². The zero-order valence-corrected chi connectivity index (χ0v) is 15.8. The number of aryl methyl sites for hydroxylation is 1. The second kappa shape index (κ2) is 6.99. The normalized spacial score (nSPS) is 12.5. The first-order chi connectivity index (χ1) is 14.2. The molecule has 4 aromatic heterocycles. The molecule has 0 saturated heterocycles. The van der Waals surface area contributed by atoms with Crippen molar-refractivity contribution in [2.24, 2.45) is 7.05 Å². The van der Waals surface area contributed by atoms with Crippen LogP contribution in [0.25, 0.3) is 33.4 Å². The number of H-pyrrole nitrogens is 1. The predicted octanol–water partition coefficient (Wildman–Crippen LogP) is 2.80. The number of pyridine rings is 1. The second-order valence-electron chi connectivity index (χ2n) is 6.92. The maximum absolute atomic E-state index is 9.90. The first kappa shape index (κ1) is 17.3. The summed E-state index contributed by atoms with van der Waals surface area (Å²) in [5, 5.41) is 23.7. The molecule has 0 radical (unpaired) electrons. The lowest BCUT2D eigenvalue weighted by molar-refractivity contribution is 0.239. The molecular formula is C21H19N7O. The molecule has 2 N–H and O–H groups in total. The Bertz CT molecular complexity index is 1270. The fraction of sp³-hybridized carbons (Fsp3) is 0.143. The minimum absolute atomic E-state index is 0.0621. The van der Waals surface area contributed by atoms with Crippen LogP contribution in [0.5, 0.6) is 0 Å². The number of nitrogens with one attached hydrogen (secondary N) is 1. The Morgan fingerprint density at radius 3 is 2.72 bits per heavy atom. The van der Waals surface area contributed by atoms with E-state index in [1.165, 1.54) is 0 Å². The Balaban J connectivity index is 1.54. The molecule has 0 aliphatic rings. The average Bonchev–Trinajstić information content (AvgIpc) is 3.48. The molecule has 1 aromatic carbocycles. The largest absolute Gasteiger partial charge is 0.394 e. The summed E-state index contributed by atoms with van der Waals surface area (Å²) in [5.41, 5.74) is 5.37. The number of hydrogen-bond donors (Lipinski definition) is 2. The number of hydrogen-bond acceptors (Lipinski definition) is 5. The Labute approximate surface area is 166 Å². The molecule has 29 heavy (non-hydrogen) atoms. The van der Waals surface area contributed by atoms with Gasteiger partial charge in [0.1, 0.15) is 17.4 Å². The molecule has 5 aromatic rings. The molecule has 1 unspecified atom stereocenters. The molecule has 0 spiro atoms. The van der Waals surface area contributed by atoms with Crippen molar-refractivity contribution in [1.82, 2.24) is 34.7 Å². The summed E-state index contributed by atoms with van der Waals surface area (Å²) in [7, 11) is 1.89. The van der Waals surface area contributed by atoms with Gasteiger partial charge >= 0.3 is 0 Å². The summed E-state index contributed by atoms with van der Waals surface area (Å²) in [4.78, 5) is 7.73. The van der Waals surface area contributed by atoms with E-state index in [0.29, 0.717) is 0 Å². The molecular weight excluding hydrogens is 366 g/mol. The molecule has 8 nitrogen and oxygen atoms in total. The number of aromatic amines is 1. The lowest BCUT2D eigenvalue weighted by Gasteiger charge is -2.13. The van der Waals surface area contributed by atoms with E-state index >= 15 is 0 Å². The van der Waals surface area contributed by atoms with Crippen LogP contribution >= 0.6 is 0 Å². The predicted molar refractivity (Wildman–Crippen MR) is 109 cm³/mol. The van der Waals surface area contributed by atoms with E-state index in [1.807, 2.05) is 68.4 Å². The van der Waals surface area contributed by atoms with E-state index in [0.717, 1.165) is 39.0 Å². The van der Waals surface area contributed by atoms with Gasteiger partial charge in [0.15, 0.2) is 0 Å². The standard InChI is InChI=1S/C21H19N7O/c1-27-11-16(9-24-27)15-7-17-18(10-23-21(17)22-8-15)19-12-28(26-25-19)20(13-29)14-5-3-2-4-6-14/h2-12,20,29H,13H2,1H3,(H,22,23). The smallest absolute Gasteiger partial charge is 0.137 e. The average molecular weight is 385 g/mol. The van der Waals surface area contributed by atoms with Gasteiger partial charge in [-0.15, -0.1) is 5.10 Å². The summed E-state index contributed by atoms with van der Waals surface area (Å²) < 4.78 is 3.46. The van der Waals surface area contributed by atoms with Crippen LogP contribution in [0.2, 0.25) is 0 Å². The first-order valence-electron chi connectivity index (χ1n) is 9.27. The second-order valence-corrected chi connectivity index (χ2v) is 6.92. The summed E-state index contributed by atoms with van der Waals surface area (Å²) >= 11 is 0. The van der Waals surface area contributed by atoms with Crippen molar-refractivity contribution >= 4 is 11.0 Å². The van der Waals surface area contributed by atoms with Crippen molar-refractivity contribution < 1.29 is 5.11 Å². The maximum Gasteiger partial charge on any atom is 0.137 e. The van der Waals surface area contributed by atoms with Gasteiger partial charge in [0.25, 0.3) is 0 Å². The van der Waals surface area contributed by atoms with Crippen molar-refractivity contribution in [2.45, 2.75) is 6.04 Å². The van der Waals surface area contributed by atoms with Crippen molar-refractivity contribution in [2.75, 3.05) is 6.61 Å². The van der Waals surface area contributed by atoms with Crippen molar-refractivity contribution in [3.05, 3.63) is 72.9 Å². The zero-order valence-electron chi connectivity index (χ0n) is 15.8. The molecule has 0 bridgehead atoms. The van der Waals surface area contributed by atoms with E-state index in [9.17, 15) is 5.11 Å². The summed E-state index contributed by atoms with van der Waals surface area (Å²) in [6, 6.07) is 11.6. The van der Waals surface area contributed by atoms with Crippen LogP contribution in [0.1, 0.15) is 11.6 Å². The maximum atomic E-state index is 9.90. The van der Waals surface area contributed by atoms with Crippen LogP contribution in [-0.4, -0.2) is 46.5 Å². The monoisotopic (exact) mass is 385 g/mol. The van der Waals surface area contributed by atoms with Crippen molar-refractivity contribution in [3.63, 3.8) is 0 Å². The molecule has 144 valence electrons. The van der Waals surface area contributed by atoms with Crippen LogP contribution in [-0.2, 0) is 7.05 Å². The number of aliphatic hydroxyl groups excluding tert-OH is 1. The minimum Gasteiger partial charge on any atom is -0.394 e. The van der Waals surface area contributed by atoms with Gasteiger partial charge in [0.05, 0.1) is 19.0 Å². The molecule has 0 amide bonds. The number of fused-ring (bicyclic) bond motifs is 1. The number of nitrogens with zero attached hydrogens (tertiary/aromatic N) is 6. The van der Waals surface area contributed by atoms with Crippen LogP contribution in [0, 0.1) is 0 Å². The molecule has 8 heteroatoms. The summed E-state index contributed by atoms with van der Waals surface area (Å²) in [6.45, 7) is -0.0621. The Morgan fingerprint density at radius 2 is 1.97 bits per heavy atom. The Hall–Kier alpha value is -3.78. The van der Waals surface area contributed by atoms with Gasteiger partial charge in [-0.2, -0.15) is 5.10 Å². The van der Waals surface area contributed by atoms with Crippen LogP contribution < -0.4 is 0 Å². The molecule has 1 atom stereocenters. The molecule has 0 fully saturated rings. The highest BCUT2D eigenvalue weighted by Gasteiger charge is 2.17. The van der Waals surface area contributed by atoms with Gasteiger partial charge in [-0.25, -0.2) is 9.67 Å². The third-order valence-corrected chi connectivity index (χ3v) is 5.03. The van der Waals surface area contributed by atoms with Crippen molar-refractivity contribution in [3.8, 4) is 22.4 Å². The molecule has 0 aliphatic carbocycles. The fourth-order valence-electron chi connectivity index (χ4n) is 3.51. The summed E-state index contributed by atoms with van der Waals surface area (Å²) in [5.74, 6) is 0. The van der Waals surface area contributed by atoms with Gasteiger partial charge in [0.2, 0.25) is 0 Å². The van der Waals surface area contributed by atoms with E-state index in [4.69, 9.17) is 0 Å². The molecule has 4 heterocycles. The fourth-order valence-corrected chi connectivity index (χ4v) is 3.51. The molecule has 0 aliphatic heterocycles. The topological polar surface area (TPSA) is 97.4 Å². The van der Waals surface area contributed by atoms with Gasteiger partial charge in [-0.3, -0.25) is 4.68 Å². The number of aliphatic hydroxyl groups is 1. The van der Waals surface area contributed by atoms with Gasteiger partial charge in [0, 0.05) is 47.7 Å². The number of rotatable bonds is 5. The highest BCUT2D eigenvalue weighted by atomic mass is 16.3. The van der Waals surface area contributed by atoms with Gasteiger partial charge in [-0.1, -0.05) is 35.5 Å². The van der Waals surface area contributed by atoms with Crippen LogP contribution in [0.4, 0.5) is 0 Å². The lowest BCUT2D eigenvalue weighted by Crippen LogP contribution is -2.15. The first-order valence-corrected chi connectivity index (χ1v) is 9.27. The van der Waals surface area contributed by atoms with Crippen molar-refractivity contribution in [1.29, 1.82) is 0 Å².